The molecule has 0 atom stereocenters. The minimum atomic E-state index is -0.811. The SMILES string of the molecule is O=C(NCc1ccccn1)C(=O)N/N=C/c1cccs1. The molecule has 0 unspecified atom stereocenters. The van der Waals surface area contributed by atoms with Crippen molar-refractivity contribution in [1.82, 2.24) is 15.7 Å². The molecule has 2 heterocycles. The summed E-state index contributed by atoms with van der Waals surface area (Å²) in [6, 6.07) is 9.05. The summed E-state index contributed by atoms with van der Waals surface area (Å²) in [6.07, 6.45) is 3.10. The van der Waals surface area contributed by atoms with Gasteiger partial charge in [0.25, 0.3) is 0 Å². The fraction of sp³-hybridized carbons (Fsp3) is 0.0769. The third-order valence-electron chi connectivity index (χ3n) is 2.26. The summed E-state index contributed by atoms with van der Waals surface area (Å²) in [4.78, 5) is 27.8. The third-order valence-corrected chi connectivity index (χ3v) is 3.07. The van der Waals surface area contributed by atoms with Crippen molar-refractivity contribution in [2.45, 2.75) is 6.54 Å². The van der Waals surface area contributed by atoms with Gasteiger partial charge in [-0.3, -0.25) is 14.6 Å². The van der Waals surface area contributed by atoms with Gasteiger partial charge in [-0.1, -0.05) is 12.1 Å². The number of nitrogens with zero attached hydrogens (tertiary/aromatic N) is 2. The highest BCUT2D eigenvalue weighted by atomic mass is 32.1. The van der Waals surface area contributed by atoms with E-state index in [1.165, 1.54) is 17.6 Å². The van der Waals surface area contributed by atoms with E-state index in [2.05, 4.69) is 20.8 Å². The van der Waals surface area contributed by atoms with E-state index in [1.807, 2.05) is 17.5 Å². The fourth-order valence-corrected chi connectivity index (χ4v) is 1.91. The summed E-state index contributed by atoms with van der Waals surface area (Å²) < 4.78 is 0. The molecule has 7 heteroatoms. The molecule has 0 fully saturated rings. The Morgan fingerprint density at radius 1 is 1.25 bits per heavy atom. The van der Waals surface area contributed by atoms with Crippen LogP contribution in [-0.4, -0.2) is 23.0 Å². The minimum absolute atomic E-state index is 0.196. The third kappa shape index (κ3) is 4.29. The normalized spacial score (nSPS) is 10.4. The smallest absolute Gasteiger partial charge is 0.329 e. The van der Waals surface area contributed by atoms with Crippen LogP contribution in [0.25, 0.3) is 0 Å². The molecule has 2 amide bonds. The highest BCUT2D eigenvalue weighted by molar-refractivity contribution is 7.11. The first-order chi connectivity index (χ1) is 9.75. The number of nitrogens with one attached hydrogen (secondary N) is 2. The topological polar surface area (TPSA) is 83.5 Å². The number of aromatic nitrogens is 1. The van der Waals surface area contributed by atoms with Gasteiger partial charge >= 0.3 is 11.8 Å². The maximum absolute atomic E-state index is 11.5. The van der Waals surface area contributed by atoms with E-state index in [4.69, 9.17) is 0 Å². The van der Waals surface area contributed by atoms with Crippen molar-refractivity contribution < 1.29 is 9.59 Å². The Morgan fingerprint density at radius 3 is 2.85 bits per heavy atom. The van der Waals surface area contributed by atoms with Crippen LogP contribution >= 0.6 is 11.3 Å². The van der Waals surface area contributed by atoms with Gasteiger partial charge in [0.2, 0.25) is 0 Å². The van der Waals surface area contributed by atoms with Gasteiger partial charge < -0.3 is 5.32 Å². The van der Waals surface area contributed by atoms with Crippen LogP contribution in [0.15, 0.2) is 47.0 Å². The number of rotatable bonds is 4. The maximum atomic E-state index is 11.5. The molecule has 0 saturated heterocycles. The number of carbonyl (C=O) groups excluding carboxylic acids is 2. The van der Waals surface area contributed by atoms with E-state index in [1.54, 1.807) is 24.4 Å². The van der Waals surface area contributed by atoms with Crippen LogP contribution in [0.2, 0.25) is 0 Å². The summed E-state index contributed by atoms with van der Waals surface area (Å²) in [7, 11) is 0. The first-order valence-electron chi connectivity index (χ1n) is 5.80. The quantitative estimate of drug-likeness (QED) is 0.498. The number of amides is 2. The number of carbonyl (C=O) groups is 2. The largest absolute Gasteiger partial charge is 0.342 e. The highest BCUT2D eigenvalue weighted by Crippen LogP contribution is 2.03. The summed E-state index contributed by atoms with van der Waals surface area (Å²) in [5, 5.41) is 8.05. The molecule has 0 radical (unpaired) electrons. The number of thiophene rings is 1. The Balaban J connectivity index is 1.76. The first-order valence-corrected chi connectivity index (χ1v) is 6.68. The summed E-state index contributed by atoms with van der Waals surface area (Å²) in [5.74, 6) is -1.56. The zero-order chi connectivity index (χ0) is 14.2. The molecule has 0 bridgehead atoms. The molecule has 2 aromatic heterocycles. The Hall–Kier alpha value is -2.54. The zero-order valence-corrected chi connectivity index (χ0v) is 11.3. The van der Waals surface area contributed by atoms with E-state index in [0.29, 0.717) is 5.69 Å². The molecule has 0 aromatic carbocycles. The van der Waals surface area contributed by atoms with Gasteiger partial charge in [0, 0.05) is 11.1 Å². The number of hydrogen-bond acceptors (Lipinski definition) is 5. The van der Waals surface area contributed by atoms with Crippen LogP contribution < -0.4 is 10.7 Å². The molecule has 6 nitrogen and oxygen atoms in total. The molecule has 2 rings (SSSR count). The van der Waals surface area contributed by atoms with Gasteiger partial charge in [0.15, 0.2) is 0 Å². The lowest BCUT2D eigenvalue weighted by Gasteiger charge is -2.02. The van der Waals surface area contributed by atoms with Crippen LogP contribution in [-0.2, 0) is 16.1 Å². The number of pyridine rings is 1. The lowest BCUT2D eigenvalue weighted by Crippen LogP contribution is -2.37. The molecule has 102 valence electrons. The van der Waals surface area contributed by atoms with Gasteiger partial charge in [-0.25, -0.2) is 5.43 Å². The van der Waals surface area contributed by atoms with Gasteiger partial charge in [-0.05, 0) is 23.6 Å². The van der Waals surface area contributed by atoms with Gasteiger partial charge in [0.1, 0.15) is 0 Å². The van der Waals surface area contributed by atoms with Crippen molar-refractivity contribution in [1.29, 1.82) is 0 Å². The molecule has 0 spiro atoms. The van der Waals surface area contributed by atoms with Crippen molar-refractivity contribution >= 4 is 29.4 Å². The van der Waals surface area contributed by atoms with Crippen molar-refractivity contribution in [3.63, 3.8) is 0 Å². The van der Waals surface area contributed by atoms with E-state index >= 15 is 0 Å². The van der Waals surface area contributed by atoms with E-state index in [9.17, 15) is 9.59 Å². The molecule has 20 heavy (non-hydrogen) atoms. The monoisotopic (exact) mass is 288 g/mol. The molecule has 0 aliphatic carbocycles. The van der Waals surface area contributed by atoms with E-state index in [-0.39, 0.29) is 6.54 Å². The molecule has 0 aliphatic heterocycles. The predicted octanol–water partition coefficient (Wildman–Crippen LogP) is 0.910. The van der Waals surface area contributed by atoms with Crippen molar-refractivity contribution in [3.8, 4) is 0 Å². The summed E-state index contributed by atoms with van der Waals surface area (Å²) in [6.45, 7) is 0.196. The van der Waals surface area contributed by atoms with Crippen LogP contribution in [0, 0.1) is 0 Å². The highest BCUT2D eigenvalue weighted by Gasteiger charge is 2.11. The van der Waals surface area contributed by atoms with Crippen LogP contribution in [0.4, 0.5) is 0 Å². The predicted molar refractivity (Wildman–Crippen MR) is 76.1 cm³/mol. The number of hydrogen-bond donors (Lipinski definition) is 2. The van der Waals surface area contributed by atoms with Gasteiger partial charge in [0.05, 0.1) is 18.5 Å². The maximum Gasteiger partial charge on any atom is 0.329 e. The van der Waals surface area contributed by atoms with E-state index < -0.39 is 11.8 Å². The van der Waals surface area contributed by atoms with Gasteiger partial charge in [-0.15, -0.1) is 11.3 Å². The first kappa shape index (κ1) is 13.9. The number of hydrazone groups is 1. The molecule has 2 aromatic rings. The van der Waals surface area contributed by atoms with Crippen molar-refractivity contribution in [2.75, 3.05) is 0 Å². The standard InChI is InChI=1S/C13H12N4O2S/c18-12(15-8-10-4-1-2-6-14-10)13(19)17-16-9-11-5-3-7-20-11/h1-7,9H,8H2,(H,15,18)(H,17,19)/b16-9+. The Bertz CT molecular complexity index is 596. The average molecular weight is 288 g/mol. The lowest BCUT2D eigenvalue weighted by atomic mass is 10.3. The Kier molecular flexibility index (Phi) is 4.96. The molecular weight excluding hydrogens is 276 g/mol. The van der Waals surface area contributed by atoms with Crippen LogP contribution in [0.5, 0.6) is 0 Å². The Morgan fingerprint density at radius 2 is 2.15 bits per heavy atom. The molecule has 0 saturated carbocycles. The second kappa shape index (κ2) is 7.15. The second-order valence-electron chi connectivity index (χ2n) is 3.72. The molecule has 2 N–H and O–H groups in total. The fourth-order valence-electron chi connectivity index (χ4n) is 1.32. The minimum Gasteiger partial charge on any atom is -0.342 e. The lowest BCUT2D eigenvalue weighted by molar-refractivity contribution is -0.139. The molecule has 0 aliphatic rings. The van der Waals surface area contributed by atoms with Crippen LogP contribution in [0.1, 0.15) is 10.6 Å². The average Bonchev–Trinajstić information content (AvgIpc) is 2.99. The Labute approximate surface area is 119 Å². The second-order valence-corrected chi connectivity index (χ2v) is 4.70. The van der Waals surface area contributed by atoms with Gasteiger partial charge in [-0.2, -0.15) is 5.10 Å². The van der Waals surface area contributed by atoms with Crippen molar-refractivity contribution in [2.24, 2.45) is 5.10 Å². The van der Waals surface area contributed by atoms with Crippen molar-refractivity contribution in [3.05, 3.63) is 52.5 Å². The summed E-state index contributed by atoms with van der Waals surface area (Å²) in [5.41, 5.74) is 2.84. The summed E-state index contributed by atoms with van der Waals surface area (Å²) >= 11 is 1.48. The van der Waals surface area contributed by atoms with E-state index in [0.717, 1.165) is 4.88 Å². The zero-order valence-electron chi connectivity index (χ0n) is 10.4. The molecular formula is C13H12N4O2S. The van der Waals surface area contributed by atoms with Crippen LogP contribution in [0.3, 0.4) is 0 Å².